The quantitative estimate of drug-likeness (QED) is 0.861. The van der Waals surface area contributed by atoms with E-state index in [0.29, 0.717) is 4.70 Å². The Balaban J connectivity index is 1.94. The highest BCUT2D eigenvalue weighted by Crippen LogP contribution is 2.40. The third-order valence-corrected chi connectivity index (χ3v) is 5.43. The van der Waals surface area contributed by atoms with E-state index in [2.05, 4.69) is 0 Å². The van der Waals surface area contributed by atoms with E-state index in [4.69, 9.17) is 22.4 Å². The number of carbonyl (C=O) groups excluding carboxylic acids is 1. The number of nitrogens with two attached hydrogens (primary N) is 1. The molecule has 3 N–H and O–H groups in total. The molecule has 9 heteroatoms. The van der Waals surface area contributed by atoms with E-state index in [1.54, 1.807) is 0 Å². The largest absolute Gasteiger partial charge is 0.416 e. The Hall–Kier alpha value is -1.35. The van der Waals surface area contributed by atoms with Gasteiger partial charge in [-0.15, -0.1) is 11.3 Å². The van der Waals surface area contributed by atoms with Gasteiger partial charge in [0.2, 0.25) is 0 Å². The van der Waals surface area contributed by atoms with Crippen LogP contribution in [0, 0.1) is 0 Å². The van der Waals surface area contributed by atoms with Crippen LogP contribution in [0.25, 0.3) is 10.1 Å². The first-order valence-electron chi connectivity index (χ1n) is 6.63. The van der Waals surface area contributed by atoms with Gasteiger partial charge in [0.1, 0.15) is 4.88 Å². The van der Waals surface area contributed by atoms with Gasteiger partial charge in [0.05, 0.1) is 22.7 Å². The Morgan fingerprint density at radius 1 is 1.43 bits per heavy atom. The summed E-state index contributed by atoms with van der Waals surface area (Å²) in [6.07, 6.45) is -4.47. The third kappa shape index (κ3) is 2.80. The number of likely N-dealkylation sites (tertiary alicyclic amines) is 1. The summed E-state index contributed by atoms with van der Waals surface area (Å²) in [6.45, 7) is 0.118. The van der Waals surface area contributed by atoms with Crippen LogP contribution in [0.2, 0.25) is 5.02 Å². The van der Waals surface area contributed by atoms with Crippen LogP contribution in [-0.4, -0.2) is 41.1 Å². The second-order valence-corrected chi connectivity index (χ2v) is 7.07. The Morgan fingerprint density at radius 2 is 2.09 bits per heavy atom. The zero-order valence-electron chi connectivity index (χ0n) is 11.7. The Labute approximate surface area is 138 Å². The lowest BCUT2D eigenvalue weighted by Crippen LogP contribution is -2.70. The summed E-state index contributed by atoms with van der Waals surface area (Å²) in [7, 11) is 0. The molecule has 1 amide bonds. The predicted molar refractivity (Wildman–Crippen MR) is 81.7 cm³/mol. The van der Waals surface area contributed by atoms with Crippen LogP contribution in [0.1, 0.15) is 15.2 Å². The highest BCUT2D eigenvalue weighted by atomic mass is 35.5. The Kier molecular flexibility index (Phi) is 3.83. The molecule has 1 aliphatic rings. The van der Waals surface area contributed by atoms with Gasteiger partial charge in [-0.3, -0.25) is 4.79 Å². The number of hydrogen-bond acceptors (Lipinski definition) is 4. The van der Waals surface area contributed by atoms with Crippen molar-refractivity contribution in [2.24, 2.45) is 5.73 Å². The van der Waals surface area contributed by atoms with Gasteiger partial charge in [-0.25, -0.2) is 0 Å². The summed E-state index contributed by atoms with van der Waals surface area (Å²) in [6, 6.07) is 3.22. The standard InChI is InChI=1S/C14H12ClF3N2O2S/c15-10-8-3-7(14(16,17)18)1-2-9(8)23-11(10)12(22)20-4-13(19,5-20)6-21/h1-3,21H,4-6,19H2. The van der Waals surface area contributed by atoms with E-state index in [-0.39, 0.29) is 40.9 Å². The summed E-state index contributed by atoms with van der Waals surface area (Å²) in [5.41, 5.74) is 4.16. The first-order valence-corrected chi connectivity index (χ1v) is 7.82. The van der Waals surface area contributed by atoms with Crippen molar-refractivity contribution in [1.82, 2.24) is 4.90 Å². The fraction of sp³-hybridized carbons (Fsp3) is 0.357. The summed E-state index contributed by atoms with van der Waals surface area (Å²) in [5.74, 6) is -0.390. The normalized spacial score (nSPS) is 17.4. The summed E-state index contributed by atoms with van der Waals surface area (Å²) in [4.78, 5) is 14.0. The molecular formula is C14H12ClF3N2O2S. The van der Waals surface area contributed by atoms with Crippen LogP contribution in [-0.2, 0) is 6.18 Å². The molecule has 0 radical (unpaired) electrons. The molecule has 4 nitrogen and oxygen atoms in total. The van der Waals surface area contributed by atoms with Crippen LogP contribution in [0.3, 0.4) is 0 Å². The molecule has 1 aromatic carbocycles. The lowest BCUT2D eigenvalue weighted by molar-refractivity contribution is -0.137. The minimum Gasteiger partial charge on any atom is -0.394 e. The topological polar surface area (TPSA) is 66.6 Å². The van der Waals surface area contributed by atoms with E-state index >= 15 is 0 Å². The molecule has 1 fully saturated rings. The zero-order valence-corrected chi connectivity index (χ0v) is 13.2. The molecule has 0 saturated carbocycles. The minimum absolute atomic E-state index is 0.0135. The summed E-state index contributed by atoms with van der Waals surface area (Å²) >= 11 is 7.16. The van der Waals surface area contributed by atoms with Gasteiger partial charge in [-0.2, -0.15) is 13.2 Å². The average molecular weight is 365 g/mol. The molecule has 3 rings (SSSR count). The van der Waals surface area contributed by atoms with E-state index in [1.165, 1.54) is 11.0 Å². The van der Waals surface area contributed by atoms with E-state index in [1.807, 2.05) is 0 Å². The molecule has 0 unspecified atom stereocenters. The highest BCUT2D eigenvalue weighted by molar-refractivity contribution is 7.21. The molecule has 0 spiro atoms. The number of carbonyl (C=O) groups is 1. The number of hydrogen-bond donors (Lipinski definition) is 2. The summed E-state index contributed by atoms with van der Waals surface area (Å²) in [5, 5.41) is 9.32. The number of halogens is 4. The van der Waals surface area contributed by atoms with Gasteiger partial charge in [0.25, 0.3) is 5.91 Å². The fourth-order valence-corrected chi connectivity index (χ4v) is 3.93. The molecule has 1 aromatic heterocycles. The van der Waals surface area contributed by atoms with Gasteiger partial charge in [-0.1, -0.05) is 11.6 Å². The Morgan fingerprint density at radius 3 is 2.65 bits per heavy atom. The SMILES string of the molecule is NC1(CO)CN(C(=O)c2sc3ccc(C(F)(F)F)cc3c2Cl)C1. The van der Waals surface area contributed by atoms with Crippen LogP contribution in [0.4, 0.5) is 13.2 Å². The second-order valence-electron chi connectivity index (χ2n) is 5.64. The van der Waals surface area contributed by atoms with Crippen molar-refractivity contribution in [2.45, 2.75) is 11.7 Å². The number of thiophene rings is 1. The lowest BCUT2D eigenvalue weighted by Gasteiger charge is -2.46. The van der Waals surface area contributed by atoms with Crippen LogP contribution in [0.5, 0.6) is 0 Å². The maximum absolute atomic E-state index is 12.8. The maximum atomic E-state index is 12.8. The van der Waals surface area contributed by atoms with Crippen molar-refractivity contribution >= 4 is 38.9 Å². The molecule has 2 heterocycles. The first kappa shape index (κ1) is 16.5. The number of aliphatic hydroxyl groups excluding tert-OH is 1. The van der Waals surface area contributed by atoms with Crippen molar-refractivity contribution in [2.75, 3.05) is 19.7 Å². The molecule has 0 atom stereocenters. The number of amides is 1. The molecule has 0 aliphatic carbocycles. The average Bonchev–Trinajstić information content (AvgIpc) is 2.79. The van der Waals surface area contributed by atoms with E-state index in [0.717, 1.165) is 23.5 Å². The van der Waals surface area contributed by atoms with Crippen molar-refractivity contribution in [3.8, 4) is 0 Å². The predicted octanol–water partition coefficient (Wildman–Crippen LogP) is 2.72. The number of fused-ring (bicyclic) bond motifs is 1. The molecular weight excluding hydrogens is 353 g/mol. The number of nitrogens with zero attached hydrogens (tertiary/aromatic N) is 1. The van der Waals surface area contributed by atoms with Gasteiger partial charge in [0.15, 0.2) is 0 Å². The molecule has 0 bridgehead atoms. The van der Waals surface area contributed by atoms with Crippen LogP contribution in [0.15, 0.2) is 18.2 Å². The molecule has 2 aromatic rings. The number of rotatable bonds is 2. The number of benzene rings is 1. The molecule has 124 valence electrons. The molecule has 23 heavy (non-hydrogen) atoms. The third-order valence-electron chi connectivity index (χ3n) is 3.76. The second kappa shape index (κ2) is 5.34. The van der Waals surface area contributed by atoms with E-state index in [9.17, 15) is 18.0 Å². The number of alkyl halides is 3. The molecule has 1 aliphatic heterocycles. The van der Waals surface area contributed by atoms with Crippen LogP contribution >= 0.6 is 22.9 Å². The summed E-state index contributed by atoms with van der Waals surface area (Å²) < 4.78 is 38.8. The van der Waals surface area contributed by atoms with Gasteiger partial charge >= 0.3 is 6.18 Å². The van der Waals surface area contributed by atoms with Crippen molar-refractivity contribution in [1.29, 1.82) is 0 Å². The van der Waals surface area contributed by atoms with Crippen molar-refractivity contribution < 1.29 is 23.1 Å². The first-order chi connectivity index (χ1) is 10.6. The zero-order chi connectivity index (χ0) is 17.0. The smallest absolute Gasteiger partial charge is 0.394 e. The van der Waals surface area contributed by atoms with Gasteiger partial charge in [0, 0.05) is 23.2 Å². The van der Waals surface area contributed by atoms with Gasteiger partial charge in [-0.05, 0) is 18.2 Å². The van der Waals surface area contributed by atoms with Crippen molar-refractivity contribution in [3.63, 3.8) is 0 Å². The monoisotopic (exact) mass is 364 g/mol. The fourth-order valence-electron chi connectivity index (χ4n) is 2.48. The van der Waals surface area contributed by atoms with Crippen LogP contribution < -0.4 is 5.73 Å². The maximum Gasteiger partial charge on any atom is 0.416 e. The highest BCUT2D eigenvalue weighted by Gasteiger charge is 2.42. The Bertz CT molecular complexity index is 784. The lowest BCUT2D eigenvalue weighted by atomic mass is 9.92. The number of aliphatic hydroxyl groups is 1. The minimum atomic E-state index is -4.47. The van der Waals surface area contributed by atoms with E-state index < -0.39 is 17.3 Å². The van der Waals surface area contributed by atoms with Crippen molar-refractivity contribution in [3.05, 3.63) is 33.7 Å². The van der Waals surface area contributed by atoms with Gasteiger partial charge < -0.3 is 15.7 Å². The molecule has 1 saturated heterocycles.